The summed E-state index contributed by atoms with van der Waals surface area (Å²) in [6.07, 6.45) is 1.49. The van der Waals surface area contributed by atoms with Gasteiger partial charge in [0.2, 0.25) is 11.8 Å². The summed E-state index contributed by atoms with van der Waals surface area (Å²) in [6, 6.07) is 13.2. The van der Waals surface area contributed by atoms with E-state index in [1.807, 2.05) is 45.0 Å². The van der Waals surface area contributed by atoms with E-state index in [2.05, 4.69) is 5.32 Å². The van der Waals surface area contributed by atoms with Gasteiger partial charge in [0, 0.05) is 13.1 Å². The smallest absolute Gasteiger partial charge is 0.242 e. The maximum atomic E-state index is 13.2. The van der Waals surface area contributed by atoms with Crippen LogP contribution in [-0.4, -0.2) is 29.3 Å². The first-order valence-corrected chi connectivity index (χ1v) is 9.82. The molecule has 0 unspecified atom stereocenters. The van der Waals surface area contributed by atoms with E-state index in [-0.39, 0.29) is 24.1 Å². The van der Waals surface area contributed by atoms with Crippen molar-refractivity contribution in [3.63, 3.8) is 0 Å². The predicted molar refractivity (Wildman–Crippen MR) is 109 cm³/mol. The normalized spacial score (nSPS) is 11.7. The highest BCUT2D eigenvalue weighted by molar-refractivity contribution is 5.88. The predicted octanol–water partition coefficient (Wildman–Crippen LogP) is 4.01. The number of carbonyl (C=O) groups excluding carboxylic acids is 2. The van der Waals surface area contributed by atoms with E-state index < -0.39 is 6.04 Å². The second kappa shape index (κ2) is 10.6. The van der Waals surface area contributed by atoms with Crippen LogP contribution in [0.1, 0.15) is 43.4 Å². The van der Waals surface area contributed by atoms with Crippen LogP contribution in [0.4, 0.5) is 4.39 Å². The van der Waals surface area contributed by atoms with Crippen LogP contribution < -0.4 is 5.32 Å². The highest BCUT2D eigenvalue weighted by atomic mass is 19.1. The lowest BCUT2D eigenvalue weighted by atomic mass is 10.0. The van der Waals surface area contributed by atoms with Crippen LogP contribution in [0, 0.1) is 12.7 Å². The van der Waals surface area contributed by atoms with Crippen molar-refractivity contribution in [2.45, 2.75) is 52.6 Å². The largest absolute Gasteiger partial charge is 0.354 e. The lowest BCUT2D eigenvalue weighted by Gasteiger charge is -2.31. The molecule has 0 heterocycles. The third-order valence-electron chi connectivity index (χ3n) is 4.81. The average Bonchev–Trinajstić information content (AvgIpc) is 2.69. The zero-order valence-corrected chi connectivity index (χ0v) is 16.9. The second-order valence-corrected chi connectivity index (χ2v) is 6.97. The fraction of sp³-hybridized carbons (Fsp3) is 0.391. The van der Waals surface area contributed by atoms with Crippen molar-refractivity contribution < 1.29 is 14.0 Å². The molecule has 5 heteroatoms. The highest BCUT2D eigenvalue weighted by Crippen LogP contribution is 2.17. The topological polar surface area (TPSA) is 49.4 Å². The van der Waals surface area contributed by atoms with Crippen molar-refractivity contribution >= 4 is 11.8 Å². The first-order chi connectivity index (χ1) is 13.5. The minimum absolute atomic E-state index is 0.129. The maximum Gasteiger partial charge on any atom is 0.242 e. The summed E-state index contributed by atoms with van der Waals surface area (Å²) in [6.45, 7) is 6.85. The number of amides is 2. The molecule has 2 aromatic rings. The molecule has 0 aliphatic heterocycles. The minimum Gasteiger partial charge on any atom is -0.354 e. The molecule has 1 atom stereocenters. The number of hydrogen-bond acceptors (Lipinski definition) is 2. The van der Waals surface area contributed by atoms with Crippen molar-refractivity contribution in [1.82, 2.24) is 10.2 Å². The summed E-state index contributed by atoms with van der Waals surface area (Å²) < 4.78 is 13.2. The molecule has 28 heavy (non-hydrogen) atoms. The van der Waals surface area contributed by atoms with Gasteiger partial charge in [0.25, 0.3) is 0 Å². The van der Waals surface area contributed by atoms with E-state index in [9.17, 15) is 14.0 Å². The molecule has 0 bridgehead atoms. The first kappa shape index (κ1) is 21.6. The average molecular weight is 384 g/mol. The lowest BCUT2D eigenvalue weighted by Crippen LogP contribution is -2.49. The summed E-state index contributed by atoms with van der Waals surface area (Å²) in [5, 5.41) is 2.91. The van der Waals surface area contributed by atoms with Crippen LogP contribution in [0.25, 0.3) is 0 Å². The fourth-order valence-electron chi connectivity index (χ4n) is 3.13. The van der Waals surface area contributed by atoms with Gasteiger partial charge in [0.05, 0.1) is 6.42 Å². The molecule has 1 N–H and O–H groups in total. The van der Waals surface area contributed by atoms with E-state index in [0.717, 1.165) is 23.1 Å². The standard InChI is InChI=1S/C23H29FN2O2/c1-4-14-25-23(28)21(5-2)26(16-19-9-7-6-8-17(19)3)22(27)15-18-10-12-20(24)13-11-18/h6-13,21H,4-5,14-16H2,1-3H3,(H,25,28)/t21-/m1/s1. The summed E-state index contributed by atoms with van der Waals surface area (Å²) in [4.78, 5) is 27.5. The molecule has 4 nitrogen and oxygen atoms in total. The number of rotatable bonds is 9. The van der Waals surface area contributed by atoms with Gasteiger partial charge in [-0.3, -0.25) is 9.59 Å². The first-order valence-electron chi connectivity index (χ1n) is 9.82. The summed E-state index contributed by atoms with van der Waals surface area (Å²) in [5.74, 6) is -0.614. The van der Waals surface area contributed by atoms with Crippen LogP contribution in [0.3, 0.4) is 0 Å². The Morgan fingerprint density at radius 1 is 1.07 bits per heavy atom. The maximum absolute atomic E-state index is 13.2. The Kier molecular flexibility index (Phi) is 8.18. The van der Waals surface area contributed by atoms with Gasteiger partial charge in [-0.05, 0) is 48.6 Å². The van der Waals surface area contributed by atoms with Gasteiger partial charge in [-0.1, -0.05) is 50.2 Å². The third-order valence-corrected chi connectivity index (χ3v) is 4.81. The molecular weight excluding hydrogens is 355 g/mol. The number of hydrogen-bond donors (Lipinski definition) is 1. The molecule has 0 fully saturated rings. The van der Waals surface area contributed by atoms with Gasteiger partial charge in [-0.15, -0.1) is 0 Å². The molecule has 0 aliphatic carbocycles. The van der Waals surface area contributed by atoms with Crippen molar-refractivity contribution in [2.24, 2.45) is 0 Å². The van der Waals surface area contributed by atoms with E-state index in [1.165, 1.54) is 12.1 Å². The fourth-order valence-corrected chi connectivity index (χ4v) is 3.13. The van der Waals surface area contributed by atoms with Gasteiger partial charge >= 0.3 is 0 Å². The van der Waals surface area contributed by atoms with Gasteiger partial charge in [0.15, 0.2) is 0 Å². The molecule has 150 valence electrons. The molecule has 0 radical (unpaired) electrons. The zero-order valence-electron chi connectivity index (χ0n) is 16.9. The SMILES string of the molecule is CCCNC(=O)[C@@H](CC)N(Cc1ccccc1C)C(=O)Cc1ccc(F)cc1. The minimum atomic E-state index is -0.542. The molecule has 2 aromatic carbocycles. The number of carbonyl (C=O) groups is 2. The molecule has 0 aromatic heterocycles. The van der Waals surface area contributed by atoms with Crippen LogP contribution >= 0.6 is 0 Å². The molecule has 2 rings (SSSR count). The van der Waals surface area contributed by atoms with Gasteiger partial charge in [-0.2, -0.15) is 0 Å². The molecule has 0 saturated carbocycles. The monoisotopic (exact) mass is 384 g/mol. The van der Waals surface area contributed by atoms with Gasteiger partial charge in [-0.25, -0.2) is 4.39 Å². The van der Waals surface area contributed by atoms with Crippen molar-refractivity contribution in [3.05, 3.63) is 71.0 Å². The summed E-state index contributed by atoms with van der Waals surface area (Å²) >= 11 is 0. The molecule has 0 aliphatic rings. The number of aryl methyl sites for hydroxylation is 1. The Morgan fingerprint density at radius 3 is 2.36 bits per heavy atom. The Balaban J connectivity index is 2.27. The number of nitrogens with one attached hydrogen (secondary N) is 1. The van der Waals surface area contributed by atoms with Crippen LogP contribution in [-0.2, 0) is 22.6 Å². The molecule has 0 saturated heterocycles. The Hall–Kier alpha value is -2.69. The van der Waals surface area contributed by atoms with Crippen LogP contribution in [0.5, 0.6) is 0 Å². The zero-order chi connectivity index (χ0) is 20.5. The number of benzene rings is 2. The van der Waals surface area contributed by atoms with Gasteiger partial charge < -0.3 is 10.2 Å². The van der Waals surface area contributed by atoms with E-state index in [0.29, 0.717) is 19.5 Å². The van der Waals surface area contributed by atoms with Crippen molar-refractivity contribution in [1.29, 1.82) is 0 Å². The Morgan fingerprint density at radius 2 is 1.75 bits per heavy atom. The van der Waals surface area contributed by atoms with E-state index in [1.54, 1.807) is 17.0 Å². The van der Waals surface area contributed by atoms with E-state index >= 15 is 0 Å². The van der Waals surface area contributed by atoms with E-state index in [4.69, 9.17) is 0 Å². The third kappa shape index (κ3) is 5.91. The Bertz CT molecular complexity index is 789. The van der Waals surface area contributed by atoms with Crippen molar-refractivity contribution in [2.75, 3.05) is 6.54 Å². The second-order valence-electron chi connectivity index (χ2n) is 6.97. The number of nitrogens with zero attached hydrogens (tertiary/aromatic N) is 1. The van der Waals surface area contributed by atoms with Crippen molar-refractivity contribution in [3.8, 4) is 0 Å². The Labute approximate surface area is 166 Å². The highest BCUT2D eigenvalue weighted by Gasteiger charge is 2.28. The quantitative estimate of drug-likeness (QED) is 0.710. The molecule has 2 amide bonds. The summed E-state index contributed by atoms with van der Waals surface area (Å²) in [5.41, 5.74) is 2.81. The van der Waals surface area contributed by atoms with Gasteiger partial charge in [0.1, 0.15) is 11.9 Å². The molecule has 0 spiro atoms. The van der Waals surface area contributed by atoms with Crippen LogP contribution in [0.2, 0.25) is 0 Å². The lowest BCUT2D eigenvalue weighted by molar-refractivity contribution is -0.140. The molecular formula is C23H29FN2O2. The van der Waals surface area contributed by atoms with Crippen LogP contribution in [0.15, 0.2) is 48.5 Å². The summed E-state index contributed by atoms with van der Waals surface area (Å²) in [7, 11) is 0. The number of halogens is 1.